The minimum absolute atomic E-state index is 0.0177. The molecule has 1 unspecified atom stereocenters. The first-order valence-corrected chi connectivity index (χ1v) is 6.64. The van der Waals surface area contributed by atoms with Crippen LogP contribution in [0.2, 0.25) is 0 Å². The van der Waals surface area contributed by atoms with Crippen molar-refractivity contribution in [3.05, 3.63) is 11.4 Å². The van der Waals surface area contributed by atoms with Crippen molar-refractivity contribution in [2.45, 2.75) is 6.10 Å². The number of nitrogens with zero attached hydrogens (tertiary/aromatic N) is 3. The minimum Gasteiger partial charge on any atom is -0.394 e. The average molecular weight is 266 g/mol. The maximum absolute atomic E-state index is 9.18. The molecule has 0 spiro atoms. The van der Waals surface area contributed by atoms with Crippen LogP contribution >= 0.6 is 11.3 Å². The minimum atomic E-state index is -0.163. The van der Waals surface area contributed by atoms with Crippen molar-refractivity contribution in [1.82, 2.24) is 9.97 Å². The van der Waals surface area contributed by atoms with Crippen LogP contribution in [-0.2, 0) is 4.74 Å². The van der Waals surface area contributed by atoms with Crippen molar-refractivity contribution in [1.29, 1.82) is 0 Å². The molecule has 3 N–H and O–H groups in total. The lowest BCUT2D eigenvalue weighted by molar-refractivity contribution is 0.00344. The molecule has 1 aliphatic rings. The van der Waals surface area contributed by atoms with Gasteiger partial charge in [-0.15, -0.1) is 11.3 Å². The summed E-state index contributed by atoms with van der Waals surface area (Å²) in [6, 6.07) is 2.00. The third-order valence-electron chi connectivity index (χ3n) is 2.96. The van der Waals surface area contributed by atoms with Crippen LogP contribution in [0, 0.1) is 0 Å². The monoisotopic (exact) mass is 266 g/mol. The molecule has 2 aromatic heterocycles. The second-order valence-electron chi connectivity index (χ2n) is 4.17. The van der Waals surface area contributed by atoms with Gasteiger partial charge in [-0.2, -0.15) is 4.98 Å². The molecule has 1 atom stereocenters. The molecule has 2 aromatic rings. The molecule has 0 radical (unpaired) electrons. The van der Waals surface area contributed by atoms with E-state index in [9.17, 15) is 5.11 Å². The summed E-state index contributed by atoms with van der Waals surface area (Å²) in [7, 11) is 0. The SMILES string of the molecule is Nc1nc(N2CCOC(CO)C2)c2ccsc2n1. The standard InChI is InChI=1S/C11H14N4O2S/c12-11-13-9(8-1-4-18-10(8)14-11)15-2-3-17-7(5-15)6-16/h1,4,7,16H,2-3,5-6H2,(H2,12,13,14). The van der Waals surface area contributed by atoms with Gasteiger partial charge < -0.3 is 20.5 Å². The summed E-state index contributed by atoms with van der Waals surface area (Å²) in [5, 5.41) is 12.2. The number of aromatic nitrogens is 2. The quantitative estimate of drug-likeness (QED) is 0.822. The van der Waals surface area contributed by atoms with Crippen molar-refractivity contribution in [2.75, 3.05) is 36.9 Å². The smallest absolute Gasteiger partial charge is 0.223 e. The van der Waals surface area contributed by atoms with Crippen LogP contribution in [0.3, 0.4) is 0 Å². The topological polar surface area (TPSA) is 84.5 Å². The summed E-state index contributed by atoms with van der Waals surface area (Å²) in [4.78, 5) is 11.5. The number of aliphatic hydroxyl groups excluding tert-OH is 1. The Hall–Kier alpha value is -1.44. The van der Waals surface area contributed by atoms with E-state index in [4.69, 9.17) is 10.5 Å². The Morgan fingerprint density at radius 2 is 2.44 bits per heavy atom. The molecule has 0 amide bonds. The number of hydrogen-bond acceptors (Lipinski definition) is 7. The van der Waals surface area contributed by atoms with Gasteiger partial charge in [0.05, 0.1) is 24.7 Å². The van der Waals surface area contributed by atoms with Gasteiger partial charge in [-0.1, -0.05) is 0 Å². The molecule has 1 saturated heterocycles. The molecule has 7 heteroatoms. The predicted octanol–water partition coefficient (Wildman–Crippen LogP) is 0.471. The lowest BCUT2D eigenvalue weighted by Crippen LogP contribution is -2.44. The highest BCUT2D eigenvalue weighted by molar-refractivity contribution is 7.16. The van der Waals surface area contributed by atoms with E-state index in [1.165, 1.54) is 0 Å². The average Bonchev–Trinajstić information content (AvgIpc) is 2.85. The van der Waals surface area contributed by atoms with E-state index < -0.39 is 0 Å². The number of fused-ring (bicyclic) bond motifs is 1. The molecular formula is C11H14N4O2S. The highest BCUT2D eigenvalue weighted by Crippen LogP contribution is 2.29. The molecule has 6 nitrogen and oxygen atoms in total. The molecular weight excluding hydrogens is 252 g/mol. The first-order chi connectivity index (χ1) is 8.78. The highest BCUT2D eigenvalue weighted by atomic mass is 32.1. The van der Waals surface area contributed by atoms with E-state index in [0.717, 1.165) is 22.6 Å². The fourth-order valence-electron chi connectivity index (χ4n) is 2.12. The van der Waals surface area contributed by atoms with Gasteiger partial charge in [0.25, 0.3) is 0 Å². The van der Waals surface area contributed by atoms with Crippen molar-refractivity contribution in [3.63, 3.8) is 0 Å². The molecule has 0 saturated carbocycles. The van der Waals surface area contributed by atoms with Gasteiger partial charge in [-0.3, -0.25) is 0 Å². The molecule has 0 aliphatic carbocycles. The van der Waals surface area contributed by atoms with Gasteiger partial charge in [0, 0.05) is 13.1 Å². The zero-order valence-electron chi connectivity index (χ0n) is 9.74. The number of rotatable bonds is 2. The first-order valence-electron chi connectivity index (χ1n) is 5.76. The Labute approximate surface area is 108 Å². The van der Waals surface area contributed by atoms with Crippen LogP contribution in [0.4, 0.5) is 11.8 Å². The van der Waals surface area contributed by atoms with E-state index in [-0.39, 0.29) is 18.7 Å². The Morgan fingerprint density at radius 1 is 1.56 bits per heavy atom. The second kappa shape index (κ2) is 4.68. The van der Waals surface area contributed by atoms with Gasteiger partial charge in [-0.05, 0) is 11.4 Å². The summed E-state index contributed by atoms with van der Waals surface area (Å²) in [5.41, 5.74) is 5.73. The number of ether oxygens (including phenoxy) is 1. The summed E-state index contributed by atoms with van der Waals surface area (Å²) < 4.78 is 5.44. The predicted molar refractivity (Wildman–Crippen MR) is 70.9 cm³/mol. The number of nitrogens with two attached hydrogens (primary N) is 1. The van der Waals surface area contributed by atoms with Crippen LogP contribution in [0.15, 0.2) is 11.4 Å². The van der Waals surface area contributed by atoms with Crippen molar-refractivity contribution < 1.29 is 9.84 Å². The van der Waals surface area contributed by atoms with Crippen LogP contribution in [0.1, 0.15) is 0 Å². The number of anilines is 2. The van der Waals surface area contributed by atoms with Crippen LogP contribution in [0.5, 0.6) is 0 Å². The lowest BCUT2D eigenvalue weighted by atomic mass is 10.2. The van der Waals surface area contributed by atoms with Gasteiger partial charge in [0.1, 0.15) is 10.6 Å². The van der Waals surface area contributed by atoms with Gasteiger partial charge in [0.2, 0.25) is 5.95 Å². The van der Waals surface area contributed by atoms with Crippen molar-refractivity contribution >= 4 is 33.3 Å². The Balaban J connectivity index is 2.00. The van der Waals surface area contributed by atoms with Crippen LogP contribution in [0.25, 0.3) is 10.2 Å². The fourth-order valence-corrected chi connectivity index (χ4v) is 2.88. The number of hydrogen-bond donors (Lipinski definition) is 2. The Morgan fingerprint density at radius 3 is 3.28 bits per heavy atom. The normalized spacial score (nSPS) is 20.5. The number of thiophene rings is 1. The second-order valence-corrected chi connectivity index (χ2v) is 5.06. The maximum Gasteiger partial charge on any atom is 0.223 e. The highest BCUT2D eigenvalue weighted by Gasteiger charge is 2.23. The lowest BCUT2D eigenvalue weighted by Gasteiger charge is -2.33. The summed E-state index contributed by atoms with van der Waals surface area (Å²) in [6.07, 6.45) is -0.163. The third-order valence-corrected chi connectivity index (χ3v) is 3.77. The zero-order valence-corrected chi connectivity index (χ0v) is 10.6. The first kappa shape index (κ1) is 11.6. The van der Waals surface area contributed by atoms with Gasteiger partial charge in [-0.25, -0.2) is 4.98 Å². The summed E-state index contributed by atoms with van der Waals surface area (Å²) in [5.74, 6) is 1.12. The number of morpholine rings is 1. The van der Waals surface area contributed by atoms with Crippen molar-refractivity contribution in [3.8, 4) is 0 Å². The van der Waals surface area contributed by atoms with Crippen LogP contribution < -0.4 is 10.6 Å². The Kier molecular flexibility index (Phi) is 3.02. The van der Waals surface area contributed by atoms with E-state index in [2.05, 4.69) is 14.9 Å². The summed E-state index contributed by atoms with van der Waals surface area (Å²) >= 11 is 1.55. The van der Waals surface area contributed by atoms with Gasteiger partial charge in [0.15, 0.2) is 0 Å². The number of aliphatic hydroxyl groups is 1. The van der Waals surface area contributed by atoms with Crippen molar-refractivity contribution in [2.24, 2.45) is 0 Å². The van der Waals surface area contributed by atoms with Gasteiger partial charge >= 0.3 is 0 Å². The molecule has 1 fully saturated rings. The fraction of sp³-hybridized carbons (Fsp3) is 0.455. The maximum atomic E-state index is 9.18. The zero-order chi connectivity index (χ0) is 12.5. The molecule has 0 bridgehead atoms. The number of nitrogen functional groups attached to an aromatic ring is 1. The molecule has 3 heterocycles. The Bertz CT molecular complexity index is 559. The molecule has 96 valence electrons. The van der Waals surface area contributed by atoms with E-state index in [0.29, 0.717) is 13.2 Å². The van der Waals surface area contributed by atoms with E-state index in [1.54, 1.807) is 11.3 Å². The molecule has 3 rings (SSSR count). The molecule has 18 heavy (non-hydrogen) atoms. The molecule has 1 aliphatic heterocycles. The van der Waals surface area contributed by atoms with E-state index in [1.807, 2.05) is 11.4 Å². The molecule has 0 aromatic carbocycles. The third kappa shape index (κ3) is 2.00. The van der Waals surface area contributed by atoms with Crippen LogP contribution in [-0.4, -0.2) is 47.5 Å². The van der Waals surface area contributed by atoms with E-state index >= 15 is 0 Å². The largest absolute Gasteiger partial charge is 0.394 e. The summed E-state index contributed by atoms with van der Waals surface area (Å²) in [6.45, 7) is 1.97.